The molecular formula is C20H24O4. The van der Waals surface area contributed by atoms with Crippen molar-refractivity contribution in [2.24, 2.45) is 70.0 Å². The van der Waals surface area contributed by atoms with E-state index in [0.29, 0.717) is 47.7 Å². The Morgan fingerprint density at radius 3 is 1.50 bits per heavy atom. The summed E-state index contributed by atoms with van der Waals surface area (Å²) < 4.78 is 12.7. The fourth-order valence-corrected chi connectivity index (χ4v) is 12.5. The van der Waals surface area contributed by atoms with Gasteiger partial charge in [-0.15, -0.1) is 0 Å². The van der Waals surface area contributed by atoms with Crippen molar-refractivity contribution in [3.63, 3.8) is 0 Å². The minimum Gasteiger partial charge on any atom is -0.367 e. The summed E-state index contributed by atoms with van der Waals surface area (Å²) in [6, 6.07) is 0. The summed E-state index contributed by atoms with van der Waals surface area (Å²) in [7, 11) is 0. The Kier molecular flexibility index (Phi) is 1.56. The maximum atomic E-state index is 11.4. The van der Waals surface area contributed by atoms with Crippen molar-refractivity contribution in [1.29, 1.82) is 0 Å². The van der Waals surface area contributed by atoms with Crippen LogP contribution in [0.1, 0.15) is 25.7 Å². The molecule has 0 aromatic rings. The molecule has 128 valence electrons. The third-order valence-electron chi connectivity index (χ3n) is 11.7. The molecule has 8 aliphatic carbocycles. The molecule has 0 aromatic carbocycles. The molecule has 10 rings (SSSR count). The first kappa shape index (κ1) is 12.3. The van der Waals surface area contributed by atoms with Crippen LogP contribution in [-0.2, 0) is 9.47 Å². The quantitative estimate of drug-likeness (QED) is 0.702. The zero-order valence-corrected chi connectivity index (χ0v) is 13.6. The van der Waals surface area contributed by atoms with Crippen LogP contribution in [0.5, 0.6) is 0 Å². The molecule has 0 radical (unpaired) electrons. The third-order valence-corrected chi connectivity index (χ3v) is 11.7. The highest BCUT2D eigenvalue weighted by atomic mass is 16.6. The minimum atomic E-state index is -0.647. The maximum Gasteiger partial charge on any atom is 0.161 e. The molecule has 4 heteroatoms. The van der Waals surface area contributed by atoms with Gasteiger partial charge in [-0.25, -0.2) is 0 Å². The van der Waals surface area contributed by atoms with Gasteiger partial charge in [0, 0.05) is 10.8 Å². The molecule has 24 heavy (non-hydrogen) atoms. The van der Waals surface area contributed by atoms with Gasteiger partial charge in [-0.3, -0.25) is 0 Å². The lowest BCUT2D eigenvalue weighted by atomic mass is 9.41. The number of hydrogen-bond donors (Lipinski definition) is 2. The molecule has 2 saturated heterocycles. The predicted molar refractivity (Wildman–Crippen MR) is 80.0 cm³/mol. The van der Waals surface area contributed by atoms with Crippen molar-refractivity contribution >= 4 is 0 Å². The number of aliphatic hydroxyl groups excluding tert-OH is 2. The van der Waals surface area contributed by atoms with Crippen molar-refractivity contribution in [3.8, 4) is 0 Å². The van der Waals surface area contributed by atoms with Crippen LogP contribution in [0.4, 0.5) is 0 Å². The third kappa shape index (κ3) is 0.719. The maximum absolute atomic E-state index is 11.4. The van der Waals surface area contributed by atoms with Crippen LogP contribution in [0.3, 0.4) is 0 Å². The summed E-state index contributed by atoms with van der Waals surface area (Å²) in [6.45, 7) is 0. The highest BCUT2D eigenvalue weighted by Crippen LogP contribution is 3.00. The Balaban J connectivity index is 1.42. The molecule has 0 unspecified atom stereocenters. The summed E-state index contributed by atoms with van der Waals surface area (Å²) in [5, 5.41) is 22.8. The molecule has 2 N–H and O–H groups in total. The average molecular weight is 328 g/mol. The first-order chi connectivity index (χ1) is 11.7. The van der Waals surface area contributed by atoms with E-state index < -0.39 is 12.6 Å². The minimum absolute atomic E-state index is 0.157. The molecular weight excluding hydrogens is 304 g/mol. The molecule has 16 atom stereocenters. The number of aliphatic hydroxyl groups is 2. The van der Waals surface area contributed by atoms with Gasteiger partial charge in [0.1, 0.15) is 0 Å². The van der Waals surface area contributed by atoms with E-state index in [2.05, 4.69) is 0 Å². The van der Waals surface area contributed by atoms with Crippen LogP contribution in [-0.4, -0.2) is 35.0 Å². The SMILES string of the molecule is O[C@@H]1O[C@@H]2CC[C@@H]3[C@@H]2[C@H]2[C@H]4[C@@H]5[C@@H]6[C@H]7[C@H]8CC[C@@H]7O[C@H](O)[C@]6([C@@H]34)[C@]21[C@H]85. The lowest BCUT2D eigenvalue weighted by molar-refractivity contribution is -0.393. The van der Waals surface area contributed by atoms with E-state index in [1.165, 1.54) is 12.8 Å². The second-order valence-electron chi connectivity index (χ2n) is 10.8. The van der Waals surface area contributed by atoms with Gasteiger partial charge in [0.05, 0.1) is 12.2 Å². The molecule has 2 spiro atoms. The molecule has 10 aliphatic rings. The molecule has 8 saturated carbocycles. The van der Waals surface area contributed by atoms with Crippen LogP contribution in [0, 0.1) is 70.0 Å². The van der Waals surface area contributed by atoms with Gasteiger partial charge in [0.15, 0.2) is 12.6 Å². The van der Waals surface area contributed by atoms with Gasteiger partial charge >= 0.3 is 0 Å². The van der Waals surface area contributed by atoms with Crippen LogP contribution < -0.4 is 0 Å². The first-order valence-corrected chi connectivity index (χ1v) is 10.4. The van der Waals surface area contributed by atoms with Crippen molar-refractivity contribution < 1.29 is 19.7 Å². The van der Waals surface area contributed by atoms with Crippen LogP contribution in [0.25, 0.3) is 0 Å². The van der Waals surface area contributed by atoms with E-state index in [-0.39, 0.29) is 10.8 Å². The van der Waals surface area contributed by atoms with E-state index in [0.717, 1.165) is 36.5 Å². The normalized spacial score (nSPS) is 85.2. The summed E-state index contributed by atoms with van der Waals surface area (Å²) >= 11 is 0. The van der Waals surface area contributed by atoms with Crippen molar-refractivity contribution in [2.45, 2.75) is 50.5 Å². The van der Waals surface area contributed by atoms with Gasteiger partial charge in [-0.1, -0.05) is 0 Å². The highest BCUT2D eigenvalue weighted by molar-refractivity contribution is 5.45. The lowest BCUT2D eigenvalue weighted by Crippen LogP contribution is -2.73. The predicted octanol–water partition coefficient (Wildman–Crippen LogP) is 1.21. The van der Waals surface area contributed by atoms with Crippen molar-refractivity contribution in [3.05, 3.63) is 0 Å². The van der Waals surface area contributed by atoms with Crippen molar-refractivity contribution in [1.82, 2.24) is 0 Å². The van der Waals surface area contributed by atoms with Crippen LogP contribution >= 0.6 is 0 Å². The average Bonchev–Trinajstić information content (AvgIpc) is 3.34. The Bertz CT molecular complexity index is 648. The van der Waals surface area contributed by atoms with E-state index in [4.69, 9.17) is 9.47 Å². The second kappa shape index (κ2) is 3.04. The monoisotopic (exact) mass is 328 g/mol. The molecule has 2 heterocycles. The lowest BCUT2D eigenvalue weighted by Gasteiger charge is -2.68. The standard InChI is InChI=1S/C20H24O4/c21-17-19-13-5-1-3-7-9(5)15-11(13)12-14(20(15,19)18(22)23-7)6-2-4-8(24-17)10(6)16(12)19/h5-18,21-22H,1-4H2/t5-,6-,7-,8+,9+,10+,11+,12+,13+,14-,15+,16+,17+,18-,19-,20-/m1/s1. The van der Waals surface area contributed by atoms with Crippen molar-refractivity contribution in [2.75, 3.05) is 0 Å². The zero-order chi connectivity index (χ0) is 15.3. The van der Waals surface area contributed by atoms with E-state index in [1.807, 2.05) is 0 Å². The fourth-order valence-electron chi connectivity index (χ4n) is 12.5. The van der Waals surface area contributed by atoms with Gasteiger partial charge < -0.3 is 19.7 Å². The largest absolute Gasteiger partial charge is 0.367 e. The molecule has 0 amide bonds. The molecule has 8 bridgehead atoms. The topological polar surface area (TPSA) is 58.9 Å². The number of rotatable bonds is 0. The van der Waals surface area contributed by atoms with Crippen LogP contribution in [0.15, 0.2) is 0 Å². The summed E-state index contributed by atoms with van der Waals surface area (Å²) in [4.78, 5) is 0. The highest BCUT2D eigenvalue weighted by Gasteiger charge is 3.01. The summed E-state index contributed by atoms with van der Waals surface area (Å²) in [5.74, 6) is 6.92. The Morgan fingerprint density at radius 1 is 0.583 bits per heavy atom. The van der Waals surface area contributed by atoms with Gasteiger partial charge in [-0.05, 0) is 84.9 Å². The number of hydrogen-bond acceptors (Lipinski definition) is 4. The summed E-state index contributed by atoms with van der Waals surface area (Å²) in [6.07, 6.45) is 4.08. The summed E-state index contributed by atoms with van der Waals surface area (Å²) in [5.41, 5.74) is -0.314. The second-order valence-corrected chi connectivity index (χ2v) is 10.8. The molecule has 0 aromatic heterocycles. The van der Waals surface area contributed by atoms with Crippen LogP contribution in [0.2, 0.25) is 0 Å². The number of ether oxygens (including phenoxy) is 2. The Labute approximate surface area is 140 Å². The Hall–Kier alpha value is -0.160. The fraction of sp³-hybridized carbons (Fsp3) is 1.00. The van der Waals surface area contributed by atoms with E-state index in [9.17, 15) is 10.2 Å². The van der Waals surface area contributed by atoms with E-state index >= 15 is 0 Å². The molecule has 2 aliphatic heterocycles. The molecule has 10 fully saturated rings. The Morgan fingerprint density at radius 2 is 1.04 bits per heavy atom. The zero-order valence-electron chi connectivity index (χ0n) is 13.6. The molecule has 4 nitrogen and oxygen atoms in total. The van der Waals surface area contributed by atoms with Gasteiger partial charge in [-0.2, -0.15) is 0 Å². The van der Waals surface area contributed by atoms with Gasteiger partial charge in [0.25, 0.3) is 0 Å². The van der Waals surface area contributed by atoms with Gasteiger partial charge in [0.2, 0.25) is 0 Å². The van der Waals surface area contributed by atoms with E-state index in [1.54, 1.807) is 0 Å². The first-order valence-electron chi connectivity index (χ1n) is 10.4. The smallest absolute Gasteiger partial charge is 0.161 e.